The summed E-state index contributed by atoms with van der Waals surface area (Å²) in [6.07, 6.45) is 0. The number of H-pyrrole nitrogens is 1. The molecule has 0 aliphatic heterocycles. The molecule has 0 spiro atoms. The fraction of sp³-hybridized carbons (Fsp3) is 0. The summed E-state index contributed by atoms with van der Waals surface area (Å²) in [5.41, 5.74) is 8.18. The number of benzene rings is 5. The van der Waals surface area contributed by atoms with Gasteiger partial charge >= 0.3 is 0 Å². The second-order valence-corrected chi connectivity index (χ2v) is 7.98. The third-order valence-electron chi connectivity index (χ3n) is 5.99. The zero-order chi connectivity index (χ0) is 21.3. The first-order valence-electron chi connectivity index (χ1n) is 10.9. The van der Waals surface area contributed by atoms with Gasteiger partial charge in [0.15, 0.2) is 0 Å². The highest BCUT2D eigenvalue weighted by atomic mass is 15.1. The molecule has 0 amide bonds. The molecule has 5 aromatic carbocycles. The number of aromatic nitrogens is 1. The normalized spacial score (nSPS) is 11.1. The molecule has 0 saturated carbocycles. The molecule has 1 aromatic heterocycles. The van der Waals surface area contributed by atoms with Crippen molar-refractivity contribution in [1.82, 2.24) is 4.98 Å². The van der Waals surface area contributed by atoms with Crippen LogP contribution >= 0.6 is 0 Å². The van der Waals surface area contributed by atoms with Crippen LogP contribution in [0.5, 0.6) is 0 Å². The average molecular weight is 411 g/mol. The van der Waals surface area contributed by atoms with Gasteiger partial charge in [-0.2, -0.15) is 0 Å². The first-order valence-corrected chi connectivity index (χ1v) is 10.9. The summed E-state index contributed by atoms with van der Waals surface area (Å²) >= 11 is 0. The van der Waals surface area contributed by atoms with Gasteiger partial charge in [0.1, 0.15) is 0 Å². The monoisotopic (exact) mass is 410 g/mol. The number of nitrogens with zero attached hydrogens (tertiary/aromatic N) is 1. The SMILES string of the molecule is c1ccc(-c2ccc(N(c3ccccc3)c3ccc4[nH]c5ccccc5c4c3)cc2)cc1. The third kappa shape index (κ3) is 3.23. The molecular formula is C30H22N2. The maximum atomic E-state index is 3.53. The zero-order valence-electron chi connectivity index (χ0n) is 17.6. The molecule has 0 aliphatic rings. The smallest absolute Gasteiger partial charge is 0.0469 e. The van der Waals surface area contributed by atoms with Crippen LogP contribution in [0.3, 0.4) is 0 Å². The molecule has 1 N–H and O–H groups in total. The molecule has 0 fully saturated rings. The number of para-hydroxylation sites is 2. The molecule has 6 rings (SSSR count). The van der Waals surface area contributed by atoms with Gasteiger partial charge < -0.3 is 9.88 Å². The molecule has 0 bridgehead atoms. The summed E-state index contributed by atoms with van der Waals surface area (Å²) < 4.78 is 0. The zero-order valence-corrected chi connectivity index (χ0v) is 17.6. The van der Waals surface area contributed by atoms with Crippen molar-refractivity contribution in [3.63, 3.8) is 0 Å². The van der Waals surface area contributed by atoms with Crippen molar-refractivity contribution in [2.24, 2.45) is 0 Å². The predicted molar refractivity (Wildman–Crippen MR) is 136 cm³/mol. The van der Waals surface area contributed by atoms with E-state index in [9.17, 15) is 0 Å². The lowest BCUT2D eigenvalue weighted by Gasteiger charge is -2.25. The van der Waals surface area contributed by atoms with Crippen molar-refractivity contribution in [2.45, 2.75) is 0 Å². The quantitative estimate of drug-likeness (QED) is 0.309. The maximum Gasteiger partial charge on any atom is 0.0469 e. The average Bonchev–Trinajstić information content (AvgIpc) is 3.24. The molecule has 2 nitrogen and oxygen atoms in total. The molecular weight excluding hydrogens is 388 g/mol. The van der Waals surface area contributed by atoms with E-state index in [1.54, 1.807) is 0 Å². The number of rotatable bonds is 4. The Balaban J connectivity index is 1.49. The number of hydrogen-bond donors (Lipinski definition) is 1. The van der Waals surface area contributed by atoms with Crippen molar-refractivity contribution in [3.8, 4) is 11.1 Å². The fourth-order valence-electron chi connectivity index (χ4n) is 4.43. The summed E-state index contributed by atoms with van der Waals surface area (Å²) in [5.74, 6) is 0. The van der Waals surface area contributed by atoms with Gasteiger partial charge in [-0.15, -0.1) is 0 Å². The lowest BCUT2D eigenvalue weighted by atomic mass is 10.0. The summed E-state index contributed by atoms with van der Waals surface area (Å²) in [7, 11) is 0. The Labute approximate surface area is 187 Å². The fourth-order valence-corrected chi connectivity index (χ4v) is 4.43. The molecule has 2 heteroatoms. The van der Waals surface area contributed by atoms with Gasteiger partial charge in [-0.05, 0) is 59.7 Å². The Bertz CT molecular complexity index is 1500. The standard InChI is InChI=1S/C30H22N2/c1-3-9-22(10-4-1)23-15-17-25(18-16-23)32(24-11-5-2-6-12-24)26-19-20-30-28(21-26)27-13-7-8-14-29(27)31-30/h1-21,31H. The highest BCUT2D eigenvalue weighted by Gasteiger charge is 2.14. The summed E-state index contributed by atoms with van der Waals surface area (Å²) in [5, 5.41) is 2.48. The predicted octanol–water partition coefficient (Wildman–Crippen LogP) is 8.46. The van der Waals surface area contributed by atoms with Crippen LogP contribution in [0.15, 0.2) is 127 Å². The molecule has 32 heavy (non-hydrogen) atoms. The summed E-state index contributed by atoms with van der Waals surface area (Å²) in [4.78, 5) is 5.85. The van der Waals surface area contributed by atoms with Gasteiger partial charge in [0.05, 0.1) is 0 Å². The third-order valence-corrected chi connectivity index (χ3v) is 5.99. The topological polar surface area (TPSA) is 19.0 Å². The first-order chi connectivity index (χ1) is 15.9. The number of anilines is 3. The lowest BCUT2D eigenvalue weighted by Crippen LogP contribution is -2.09. The van der Waals surface area contributed by atoms with E-state index >= 15 is 0 Å². The second kappa shape index (κ2) is 7.75. The Morgan fingerprint density at radius 1 is 0.406 bits per heavy atom. The van der Waals surface area contributed by atoms with Crippen LogP contribution in [0.2, 0.25) is 0 Å². The van der Waals surface area contributed by atoms with E-state index in [0.717, 1.165) is 28.1 Å². The Kier molecular flexibility index (Phi) is 4.47. The van der Waals surface area contributed by atoms with E-state index in [1.165, 1.54) is 21.9 Å². The molecule has 0 unspecified atom stereocenters. The van der Waals surface area contributed by atoms with Crippen molar-refractivity contribution < 1.29 is 0 Å². The van der Waals surface area contributed by atoms with Crippen molar-refractivity contribution in [2.75, 3.05) is 4.90 Å². The minimum atomic E-state index is 1.13. The van der Waals surface area contributed by atoms with Crippen LogP contribution in [-0.2, 0) is 0 Å². The minimum absolute atomic E-state index is 1.13. The Morgan fingerprint density at radius 3 is 1.75 bits per heavy atom. The lowest BCUT2D eigenvalue weighted by molar-refractivity contribution is 1.29. The largest absolute Gasteiger partial charge is 0.355 e. The summed E-state index contributed by atoms with van der Waals surface area (Å²) in [6, 6.07) is 45.0. The summed E-state index contributed by atoms with van der Waals surface area (Å²) in [6.45, 7) is 0. The van der Waals surface area contributed by atoms with Gasteiger partial charge in [0.2, 0.25) is 0 Å². The van der Waals surface area contributed by atoms with Gasteiger partial charge in [-0.25, -0.2) is 0 Å². The number of nitrogens with one attached hydrogen (secondary N) is 1. The number of hydrogen-bond acceptors (Lipinski definition) is 1. The molecule has 0 radical (unpaired) electrons. The maximum absolute atomic E-state index is 3.53. The highest BCUT2D eigenvalue weighted by molar-refractivity contribution is 6.08. The van der Waals surface area contributed by atoms with Crippen molar-refractivity contribution >= 4 is 38.9 Å². The van der Waals surface area contributed by atoms with Crippen LogP contribution in [0, 0.1) is 0 Å². The molecule has 0 saturated heterocycles. The second-order valence-electron chi connectivity index (χ2n) is 7.98. The van der Waals surface area contributed by atoms with Crippen LogP contribution < -0.4 is 4.90 Å². The van der Waals surface area contributed by atoms with Gasteiger partial charge in [0, 0.05) is 38.9 Å². The van der Waals surface area contributed by atoms with Gasteiger partial charge in [-0.1, -0.05) is 78.9 Å². The Morgan fingerprint density at radius 2 is 0.969 bits per heavy atom. The molecule has 0 atom stereocenters. The number of aromatic amines is 1. The van der Waals surface area contributed by atoms with Crippen LogP contribution in [0.1, 0.15) is 0 Å². The van der Waals surface area contributed by atoms with Crippen molar-refractivity contribution in [3.05, 3.63) is 127 Å². The van der Waals surface area contributed by atoms with Crippen LogP contribution in [0.4, 0.5) is 17.1 Å². The van der Waals surface area contributed by atoms with Gasteiger partial charge in [0.25, 0.3) is 0 Å². The Hall–Kier alpha value is -4.30. The first kappa shape index (κ1) is 18.5. The van der Waals surface area contributed by atoms with Gasteiger partial charge in [-0.3, -0.25) is 0 Å². The van der Waals surface area contributed by atoms with Crippen LogP contribution in [-0.4, -0.2) is 4.98 Å². The highest BCUT2D eigenvalue weighted by Crippen LogP contribution is 2.38. The molecule has 6 aromatic rings. The van der Waals surface area contributed by atoms with E-state index in [-0.39, 0.29) is 0 Å². The number of fused-ring (bicyclic) bond motifs is 3. The van der Waals surface area contributed by atoms with E-state index in [1.807, 2.05) is 0 Å². The molecule has 1 heterocycles. The van der Waals surface area contributed by atoms with Crippen LogP contribution in [0.25, 0.3) is 32.9 Å². The van der Waals surface area contributed by atoms with E-state index in [2.05, 4.69) is 137 Å². The minimum Gasteiger partial charge on any atom is -0.355 e. The molecule has 152 valence electrons. The van der Waals surface area contributed by atoms with Crippen molar-refractivity contribution in [1.29, 1.82) is 0 Å². The van der Waals surface area contributed by atoms with E-state index < -0.39 is 0 Å². The molecule has 0 aliphatic carbocycles. The van der Waals surface area contributed by atoms with E-state index in [4.69, 9.17) is 0 Å². The van der Waals surface area contributed by atoms with E-state index in [0.29, 0.717) is 0 Å².